The van der Waals surface area contributed by atoms with Gasteiger partial charge in [-0.25, -0.2) is 4.79 Å². The van der Waals surface area contributed by atoms with Gasteiger partial charge in [0.05, 0.1) is 6.54 Å². The number of carbonyl (C=O) groups is 1. The van der Waals surface area contributed by atoms with E-state index in [9.17, 15) is 9.90 Å². The topological polar surface area (TPSA) is 69.9 Å². The summed E-state index contributed by atoms with van der Waals surface area (Å²) in [5, 5.41) is 18.4. The zero-order valence-electron chi connectivity index (χ0n) is 9.18. The molecule has 0 atom stereocenters. The molecule has 0 fully saturated rings. The Labute approximate surface area is 94.3 Å². The van der Waals surface area contributed by atoms with Crippen molar-refractivity contribution in [2.24, 2.45) is 4.99 Å². The normalized spacial score (nSPS) is 18.7. The molecular formula is C12H15NO3. The smallest absolute Gasteiger partial charge is 0.341 e. The second-order valence-corrected chi connectivity index (χ2v) is 3.45. The van der Waals surface area contributed by atoms with E-state index in [1.807, 2.05) is 12.2 Å². The Hall–Kier alpha value is -1.84. The predicted octanol–water partition coefficient (Wildman–Crippen LogP) is 2.25. The molecular weight excluding hydrogens is 206 g/mol. The summed E-state index contributed by atoms with van der Waals surface area (Å²) in [4.78, 5) is 14.6. The number of carboxylic acid groups (broad SMARTS) is 1. The van der Waals surface area contributed by atoms with Crippen molar-refractivity contribution in [1.29, 1.82) is 0 Å². The number of aliphatic imine (C=N–C) groups is 1. The number of allylic oxidation sites excluding steroid dienone is 3. The molecule has 4 nitrogen and oxygen atoms in total. The van der Waals surface area contributed by atoms with Crippen LogP contribution in [-0.2, 0) is 4.79 Å². The number of aliphatic hydroxyl groups excluding tert-OH is 1. The van der Waals surface area contributed by atoms with Crippen molar-refractivity contribution in [3.8, 4) is 0 Å². The fourth-order valence-electron chi connectivity index (χ4n) is 1.28. The quantitative estimate of drug-likeness (QED) is 0.764. The predicted molar refractivity (Wildman–Crippen MR) is 62.8 cm³/mol. The lowest BCUT2D eigenvalue weighted by atomic mass is 10.1. The molecule has 1 heterocycles. The molecule has 0 aromatic rings. The zero-order valence-corrected chi connectivity index (χ0v) is 9.18. The van der Waals surface area contributed by atoms with Gasteiger partial charge in [-0.1, -0.05) is 31.6 Å². The van der Waals surface area contributed by atoms with Gasteiger partial charge in [0, 0.05) is 11.8 Å². The Kier molecular flexibility index (Phi) is 4.51. The molecule has 0 spiro atoms. The van der Waals surface area contributed by atoms with Crippen LogP contribution in [0, 0.1) is 0 Å². The van der Waals surface area contributed by atoms with Crippen LogP contribution >= 0.6 is 0 Å². The second-order valence-electron chi connectivity index (χ2n) is 3.45. The van der Waals surface area contributed by atoms with Gasteiger partial charge in [-0.3, -0.25) is 4.99 Å². The van der Waals surface area contributed by atoms with Crippen molar-refractivity contribution < 1.29 is 15.0 Å². The standard InChI is InChI=1S/C12H15NO3/c1-2-3-4-5-6-9-7-13-8-10(11(9)14)12(15)16/h4-6,8,14H,2-3,7H2,1H3,(H,15,16)/b5-4-,9-6+. The molecule has 0 aliphatic carbocycles. The van der Waals surface area contributed by atoms with Gasteiger partial charge in [0.1, 0.15) is 11.3 Å². The average Bonchev–Trinajstić information content (AvgIpc) is 2.26. The first kappa shape index (κ1) is 12.2. The van der Waals surface area contributed by atoms with E-state index >= 15 is 0 Å². The SMILES string of the molecule is CCC/C=C\C=C1/CN=CC(C(=O)O)=C1O. The third kappa shape index (κ3) is 3.08. The third-order valence-electron chi connectivity index (χ3n) is 2.16. The van der Waals surface area contributed by atoms with Crippen LogP contribution in [0.15, 0.2) is 40.1 Å². The van der Waals surface area contributed by atoms with Crippen LogP contribution in [-0.4, -0.2) is 28.9 Å². The van der Waals surface area contributed by atoms with Crippen molar-refractivity contribution in [1.82, 2.24) is 0 Å². The second kappa shape index (κ2) is 5.90. The van der Waals surface area contributed by atoms with Gasteiger partial charge in [0.2, 0.25) is 0 Å². The van der Waals surface area contributed by atoms with Crippen molar-refractivity contribution in [3.05, 3.63) is 35.1 Å². The maximum atomic E-state index is 10.7. The van der Waals surface area contributed by atoms with Gasteiger partial charge in [-0.05, 0) is 6.42 Å². The largest absolute Gasteiger partial charge is 0.507 e. The van der Waals surface area contributed by atoms with Crippen LogP contribution in [0.2, 0.25) is 0 Å². The fourth-order valence-corrected chi connectivity index (χ4v) is 1.28. The van der Waals surface area contributed by atoms with E-state index in [-0.39, 0.29) is 11.3 Å². The van der Waals surface area contributed by atoms with Crippen LogP contribution < -0.4 is 0 Å². The van der Waals surface area contributed by atoms with Crippen LogP contribution in [0.1, 0.15) is 19.8 Å². The summed E-state index contributed by atoms with van der Waals surface area (Å²) >= 11 is 0. The minimum Gasteiger partial charge on any atom is -0.507 e. The summed E-state index contributed by atoms with van der Waals surface area (Å²) in [6.07, 6.45) is 8.69. The molecule has 4 heteroatoms. The van der Waals surface area contributed by atoms with Crippen LogP contribution in [0.5, 0.6) is 0 Å². The molecule has 0 unspecified atom stereocenters. The van der Waals surface area contributed by atoms with Crippen molar-refractivity contribution in [2.45, 2.75) is 19.8 Å². The molecule has 1 aliphatic rings. The van der Waals surface area contributed by atoms with Crippen LogP contribution in [0.4, 0.5) is 0 Å². The first-order chi connectivity index (χ1) is 7.66. The lowest BCUT2D eigenvalue weighted by Crippen LogP contribution is -2.12. The third-order valence-corrected chi connectivity index (χ3v) is 2.16. The number of rotatable bonds is 4. The number of aliphatic carboxylic acids is 1. The van der Waals surface area contributed by atoms with Gasteiger partial charge in [-0.15, -0.1) is 0 Å². The monoisotopic (exact) mass is 221 g/mol. The minimum absolute atomic E-state index is 0.151. The summed E-state index contributed by atoms with van der Waals surface area (Å²) in [5.74, 6) is -1.35. The molecule has 1 aliphatic heterocycles. The highest BCUT2D eigenvalue weighted by molar-refractivity contribution is 6.10. The molecule has 0 aromatic heterocycles. The molecule has 86 valence electrons. The summed E-state index contributed by atoms with van der Waals surface area (Å²) in [6.45, 7) is 2.39. The van der Waals surface area contributed by atoms with Gasteiger partial charge < -0.3 is 10.2 Å². The van der Waals surface area contributed by atoms with Gasteiger partial charge in [0.25, 0.3) is 0 Å². The number of hydrogen-bond donors (Lipinski definition) is 2. The van der Waals surface area contributed by atoms with E-state index in [1.165, 1.54) is 6.21 Å². The summed E-state index contributed by atoms with van der Waals surface area (Å²) < 4.78 is 0. The van der Waals surface area contributed by atoms with Gasteiger partial charge in [0.15, 0.2) is 0 Å². The zero-order chi connectivity index (χ0) is 12.0. The molecule has 16 heavy (non-hydrogen) atoms. The van der Waals surface area contributed by atoms with Crippen LogP contribution in [0.25, 0.3) is 0 Å². The first-order valence-corrected chi connectivity index (χ1v) is 5.19. The summed E-state index contributed by atoms with van der Waals surface area (Å²) in [5.41, 5.74) is 0.383. The maximum absolute atomic E-state index is 10.7. The molecule has 0 saturated carbocycles. The minimum atomic E-state index is -1.16. The van der Waals surface area contributed by atoms with E-state index in [0.717, 1.165) is 12.8 Å². The van der Waals surface area contributed by atoms with Crippen molar-refractivity contribution in [2.75, 3.05) is 6.54 Å². The van der Waals surface area contributed by atoms with E-state index in [0.29, 0.717) is 12.1 Å². The number of unbranched alkanes of at least 4 members (excludes halogenated alkanes) is 1. The molecule has 0 bridgehead atoms. The van der Waals surface area contributed by atoms with E-state index in [2.05, 4.69) is 11.9 Å². The van der Waals surface area contributed by atoms with E-state index in [4.69, 9.17) is 5.11 Å². The average molecular weight is 221 g/mol. The lowest BCUT2D eigenvalue weighted by molar-refractivity contribution is -0.132. The summed E-state index contributed by atoms with van der Waals surface area (Å²) in [6, 6.07) is 0. The molecule has 0 aromatic carbocycles. The molecule has 1 rings (SSSR count). The fraction of sp³-hybridized carbons (Fsp3) is 0.333. The van der Waals surface area contributed by atoms with Gasteiger partial charge >= 0.3 is 5.97 Å². The highest BCUT2D eigenvalue weighted by Gasteiger charge is 2.18. The molecule has 0 amide bonds. The van der Waals surface area contributed by atoms with Crippen molar-refractivity contribution >= 4 is 12.2 Å². The Morgan fingerprint density at radius 1 is 1.62 bits per heavy atom. The highest BCUT2D eigenvalue weighted by atomic mass is 16.4. The van der Waals surface area contributed by atoms with Gasteiger partial charge in [-0.2, -0.15) is 0 Å². The highest BCUT2D eigenvalue weighted by Crippen LogP contribution is 2.16. The van der Waals surface area contributed by atoms with E-state index in [1.54, 1.807) is 6.08 Å². The lowest BCUT2D eigenvalue weighted by Gasteiger charge is -2.09. The Bertz CT molecular complexity index is 389. The maximum Gasteiger partial charge on any atom is 0.341 e. The number of aliphatic hydroxyl groups is 1. The number of nitrogens with zero attached hydrogens (tertiary/aromatic N) is 1. The Balaban J connectivity index is 2.84. The Morgan fingerprint density at radius 3 is 3.00 bits per heavy atom. The Morgan fingerprint density at radius 2 is 2.38 bits per heavy atom. The molecule has 0 saturated heterocycles. The first-order valence-electron chi connectivity index (χ1n) is 5.19. The summed E-state index contributed by atoms with van der Waals surface area (Å²) in [7, 11) is 0. The van der Waals surface area contributed by atoms with Crippen molar-refractivity contribution in [3.63, 3.8) is 0 Å². The molecule has 2 N–H and O–H groups in total. The van der Waals surface area contributed by atoms with E-state index < -0.39 is 5.97 Å². The number of dihydropyridines is 1. The number of hydrogen-bond acceptors (Lipinski definition) is 3. The van der Waals surface area contributed by atoms with Crippen LogP contribution in [0.3, 0.4) is 0 Å². The number of carboxylic acids is 1. The molecule has 0 radical (unpaired) electrons.